The van der Waals surface area contributed by atoms with Crippen molar-refractivity contribution in [2.75, 3.05) is 25.6 Å². The van der Waals surface area contributed by atoms with Gasteiger partial charge >= 0.3 is 0 Å². The molecule has 0 radical (unpaired) electrons. The van der Waals surface area contributed by atoms with Crippen molar-refractivity contribution in [3.8, 4) is 5.75 Å². The molecular formula is C15H17N5O3. The van der Waals surface area contributed by atoms with Gasteiger partial charge in [-0.15, -0.1) is 0 Å². The molecular weight excluding hydrogens is 298 g/mol. The van der Waals surface area contributed by atoms with E-state index in [1.807, 2.05) is 30.5 Å². The summed E-state index contributed by atoms with van der Waals surface area (Å²) in [5, 5.41) is 9.73. The molecule has 0 saturated heterocycles. The number of aromatic nitrogens is 4. The lowest BCUT2D eigenvalue weighted by atomic mass is 10.2. The van der Waals surface area contributed by atoms with Gasteiger partial charge in [0.15, 0.2) is 6.61 Å². The number of hydrogen-bond donors (Lipinski definition) is 2. The average Bonchev–Trinajstić information content (AvgIpc) is 3.20. The van der Waals surface area contributed by atoms with Gasteiger partial charge in [-0.25, -0.2) is 5.10 Å². The van der Waals surface area contributed by atoms with Gasteiger partial charge in [0.05, 0.1) is 12.1 Å². The topological polar surface area (TPSA) is 94.1 Å². The van der Waals surface area contributed by atoms with Crippen LogP contribution in [-0.2, 0) is 16.1 Å². The molecule has 0 aliphatic rings. The fraction of sp³-hybridized carbons (Fsp3) is 0.267. The number of aromatic amines is 1. The van der Waals surface area contributed by atoms with Gasteiger partial charge < -0.3 is 14.0 Å². The fourth-order valence-corrected chi connectivity index (χ4v) is 2.28. The van der Waals surface area contributed by atoms with E-state index in [0.717, 1.165) is 17.4 Å². The third kappa shape index (κ3) is 3.49. The average molecular weight is 315 g/mol. The highest BCUT2D eigenvalue weighted by molar-refractivity contribution is 5.91. The van der Waals surface area contributed by atoms with E-state index in [9.17, 15) is 4.79 Å². The molecule has 8 heteroatoms. The molecule has 3 rings (SSSR count). The summed E-state index contributed by atoms with van der Waals surface area (Å²) >= 11 is 0. The number of hydrogen-bond acceptors (Lipinski definition) is 5. The van der Waals surface area contributed by atoms with Crippen molar-refractivity contribution in [1.82, 2.24) is 19.7 Å². The molecule has 1 aromatic carbocycles. The summed E-state index contributed by atoms with van der Waals surface area (Å²) in [4.78, 5) is 15.6. The van der Waals surface area contributed by atoms with E-state index in [1.54, 1.807) is 7.11 Å². The molecule has 120 valence electrons. The van der Waals surface area contributed by atoms with E-state index in [1.165, 1.54) is 6.33 Å². The van der Waals surface area contributed by atoms with Crippen LogP contribution < -0.4 is 10.1 Å². The minimum absolute atomic E-state index is 0.108. The number of rotatable bonds is 7. The second-order valence-corrected chi connectivity index (χ2v) is 4.86. The quantitative estimate of drug-likeness (QED) is 0.688. The van der Waals surface area contributed by atoms with Crippen LogP contribution in [-0.4, -0.2) is 46.0 Å². The van der Waals surface area contributed by atoms with Gasteiger partial charge in [0.1, 0.15) is 12.1 Å². The number of anilines is 1. The Morgan fingerprint density at radius 3 is 3.09 bits per heavy atom. The Bertz CT molecular complexity index is 782. The molecule has 1 amide bonds. The zero-order valence-electron chi connectivity index (χ0n) is 12.7. The van der Waals surface area contributed by atoms with Crippen molar-refractivity contribution in [2.24, 2.45) is 0 Å². The van der Waals surface area contributed by atoms with Crippen molar-refractivity contribution in [2.45, 2.75) is 6.54 Å². The lowest BCUT2D eigenvalue weighted by Crippen LogP contribution is -2.20. The molecule has 3 aromatic rings. The molecule has 0 bridgehead atoms. The lowest BCUT2D eigenvalue weighted by Gasteiger charge is -2.08. The summed E-state index contributed by atoms with van der Waals surface area (Å²) in [5.41, 5.74) is 1.04. The summed E-state index contributed by atoms with van der Waals surface area (Å²) in [6.45, 7) is 1.28. The zero-order valence-corrected chi connectivity index (χ0v) is 12.7. The van der Waals surface area contributed by atoms with E-state index in [2.05, 4.69) is 25.1 Å². The largest absolute Gasteiger partial charge is 0.483 e. The first-order chi connectivity index (χ1) is 11.3. The van der Waals surface area contributed by atoms with E-state index in [0.29, 0.717) is 18.3 Å². The molecule has 0 saturated carbocycles. The van der Waals surface area contributed by atoms with Crippen molar-refractivity contribution in [3.05, 3.63) is 36.8 Å². The summed E-state index contributed by atoms with van der Waals surface area (Å²) in [6.07, 6.45) is 3.30. The van der Waals surface area contributed by atoms with Crippen LogP contribution >= 0.6 is 0 Å². The van der Waals surface area contributed by atoms with E-state index >= 15 is 0 Å². The Labute approximate surface area is 132 Å². The van der Waals surface area contributed by atoms with Crippen molar-refractivity contribution < 1.29 is 14.3 Å². The number of carbonyl (C=O) groups is 1. The van der Waals surface area contributed by atoms with Crippen LogP contribution in [0.4, 0.5) is 5.95 Å². The van der Waals surface area contributed by atoms with Crippen LogP contribution in [0.15, 0.2) is 36.8 Å². The maximum Gasteiger partial charge on any atom is 0.264 e. The second-order valence-electron chi connectivity index (χ2n) is 4.86. The Hall–Kier alpha value is -2.87. The third-order valence-corrected chi connectivity index (χ3v) is 3.34. The number of benzene rings is 1. The molecule has 2 aromatic heterocycles. The predicted molar refractivity (Wildman–Crippen MR) is 84.3 cm³/mol. The molecule has 0 unspecified atom stereocenters. The molecule has 0 aliphatic carbocycles. The number of nitrogens with one attached hydrogen (secondary N) is 2. The number of fused-ring (bicyclic) bond motifs is 1. The van der Waals surface area contributed by atoms with Gasteiger partial charge in [0.25, 0.3) is 5.91 Å². The second kappa shape index (κ2) is 6.93. The Kier molecular flexibility index (Phi) is 4.53. The van der Waals surface area contributed by atoms with Crippen LogP contribution in [0.2, 0.25) is 0 Å². The van der Waals surface area contributed by atoms with E-state index < -0.39 is 0 Å². The highest BCUT2D eigenvalue weighted by Gasteiger charge is 2.09. The number of carbonyl (C=O) groups excluding carboxylic acids is 1. The number of nitrogens with zero attached hydrogens (tertiary/aromatic N) is 3. The van der Waals surface area contributed by atoms with Crippen molar-refractivity contribution in [3.63, 3.8) is 0 Å². The summed E-state index contributed by atoms with van der Waals surface area (Å²) in [5.74, 6) is 0.645. The Balaban J connectivity index is 1.68. The van der Waals surface area contributed by atoms with Gasteiger partial charge in [-0.1, -0.05) is 6.07 Å². The van der Waals surface area contributed by atoms with Crippen LogP contribution in [0, 0.1) is 0 Å². The van der Waals surface area contributed by atoms with E-state index in [4.69, 9.17) is 9.47 Å². The van der Waals surface area contributed by atoms with Crippen LogP contribution in [0.3, 0.4) is 0 Å². The maximum absolute atomic E-state index is 11.8. The highest BCUT2D eigenvalue weighted by atomic mass is 16.5. The minimum atomic E-state index is -0.308. The van der Waals surface area contributed by atoms with Crippen LogP contribution in [0.1, 0.15) is 0 Å². The number of H-pyrrole nitrogens is 1. The van der Waals surface area contributed by atoms with E-state index in [-0.39, 0.29) is 12.5 Å². The number of ether oxygens (including phenoxy) is 2. The summed E-state index contributed by atoms with van der Waals surface area (Å²) in [7, 11) is 1.67. The lowest BCUT2D eigenvalue weighted by molar-refractivity contribution is -0.118. The van der Waals surface area contributed by atoms with Crippen LogP contribution in [0.5, 0.6) is 5.75 Å². The van der Waals surface area contributed by atoms with Gasteiger partial charge in [-0.3, -0.25) is 10.1 Å². The fourth-order valence-electron chi connectivity index (χ4n) is 2.28. The summed E-state index contributed by atoms with van der Waals surface area (Å²) < 4.78 is 12.8. The molecule has 2 heterocycles. The summed E-state index contributed by atoms with van der Waals surface area (Å²) in [6, 6.07) is 7.71. The molecule has 8 nitrogen and oxygen atoms in total. The van der Waals surface area contributed by atoms with Gasteiger partial charge in [-0.2, -0.15) is 10.1 Å². The molecule has 0 atom stereocenters. The first kappa shape index (κ1) is 15.0. The molecule has 0 fully saturated rings. The highest BCUT2D eigenvalue weighted by Crippen LogP contribution is 2.26. The molecule has 0 aliphatic heterocycles. The van der Waals surface area contributed by atoms with Crippen molar-refractivity contribution >= 4 is 22.8 Å². The molecule has 23 heavy (non-hydrogen) atoms. The first-order valence-electron chi connectivity index (χ1n) is 7.13. The number of methoxy groups -OCH3 is 1. The zero-order chi connectivity index (χ0) is 16.1. The van der Waals surface area contributed by atoms with Crippen molar-refractivity contribution in [1.29, 1.82) is 0 Å². The first-order valence-corrected chi connectivity index (χ1v) is 7.13. The molecule has 2 N–H and O–H groups in total. The molecule has 0 spiro atoms. The Morgan fingerprint density at radius 2 is 2.30 bits per heavy atom. The normalized spacial score (nSPS) is 10.8. The SMILES string of the molecule is COCCn1ccc2c(OCC(=O)Nc3ncn[nH]3)cccc21. The Morgan fingerprint density at radius 1 is 1.39 bits per heavy atom. The van der Waals surface area contributed by atoms with Gasteiger partial charge in [0.2, 0.25) is 5.95 Å². The standard InChI is InChI=1S/C15H17N5O3/c1-22-8-7-20-6-5-11-12(20)3-2-4-13(11)23-9-14(21)18-15-16-10-17-19-15/h2-6,10H,7-9H2,1H3,(H2,16,17,18,19,21). The predicted octanol–water partition coefficient (Wildman–Crippen LogP) is 1.42. The monoisotopic (exact) mass is 315 g/mol. The van der Waals surface area contributed by atoms with Gasteiger partial charge in [0, 0.05) is 25.2 Å². The minimum Gasteiger partial charge on any atom is -0.483 e. The maximum atomic E-state index is 11.8. The smallest absolute Gasteiger partial charge is 0.264 e. The van der Waals surface area contributed by atoms with Crippen LogP contribution in [0.25, 0.3) is 10.9 Å². The number of amides is 1. The third-order valence-electron chi connectivity index (χ3n) is 3.34. The van der Waals surface area contributed by atoms with Gasteiger partial charge in [-0.05, 0) is 18.2 Å².